The molecule has 0 saturated carbocycles. The van der Waals surface area contributed by atoms with Gasteiger partial charge in [-0.05, 0) is 31.2 Å². The van der Waals surface area contributed by atoms with Crippen LogP contribution in [0.4, 0.5) is 0 Å². The van der Waals surface area contributed by atoms with Crippen molar-refractivity contribution in [3.63, 3.8) is 0 Å². The molecular formula is C14H17N3O3. The molecule has 6 nitrogen and oxygen atoms in total. The predicted octanol–water partition coefficient (Wildman–Crippen LogP) is 0.530. The van der Waals surface area contributed by atoms with E-state index in [1.807, 2.05) is 6.07 Å². The highest BCUT2D eigenvalue weighted by atomic mass is 16.5. The summed E-state index contributed by atoms with van der Waals surface area (Å²) in [4.78, 5) is 24.5. The first kappa shape index (κ1) is 15.5. The fourth-order valence-electron chi connectivity index (χ4n) is 1.33. The zero-order valence-corrected chi connectivity index (χ0v) is 11.7. The Bertz CT molecular complexity index is 517. The zero-order chi connectivity index (χ0) is 15.1. The summed E-state index contributed by atoms with van der Waals surface area (Å²) in [5.74, 6) is -0.0703. The van der Waals surface area contributed by atoms with Gasteiger partial charge < -0.3 is 15.0 Å². The standard InChI is InChI=1S/C14H17N3O3/c1-10(14(19)16-9-13(18)17(2)3)20-12-6-4-11(8-15)5-7-12/h4-7,10H,9H2,1-3H3,(H,16,19)/t10-/m0/s1. The molecule has 0 aromatic heterocycles. The van der Waals surface area contributed by atoms with Gasteiger partial charge in [-0.2, -0.15) is 5.26 Å². The largest absolute Gasteiger partial charge is 0.481 e. The number of carbonyl (C=O) groups is 2. The molecule has 1 aromatic carbocycles. The van der Waals surface area contributed by atoms with E-state index in [0.29, 0.717) is 11.3 Å². The van der Waals surface area contributed by atoms with Crippen molar-refractivity contribution in [3.05, 3.63) is 29.8 Å². The van der Waals surface area contributed by atoms with Crippen molar-refractivity contribution in [3.8, 4) is 11.8 Å². The highest BCUT2D eigenvalue weighted by molar-refractivity contribution is 5.86. The normalized spacial score (nSPS) is 11.1. The van der Waals surface area contributed by atoms with E-state index in [-0.39, 0.29) is 18.4 Å². The van der Waals surface area contributed by atoms with Crippen molar-refractivity contribution in [1.29, 1.82) is 5.26 Å². The summed E-state index contributed by atoms with van der Waals surface area (Å²) >= 11 is 0. The summed E-state index contributed by atoms with van der Waals surface area (Å²) < 4.78 is 5.42. The number of benzene rings is 1. The molecule has 20 heavy (non-hydrogen) atoms. The molecule has 0 spiro atoms. The Morgan fingerprint density at radius 1 is 1.35 bits per heavy atom. The Balaban J connectivity index is 2.49. The predicted molar refractivity (Wildman–Crippen MR) is 73.0 cm³/mol. The van der Waals surface area contributed by atoms with Crippen LogP contribution in [0.25, 0.3) is 0 Å². The second kappa shape index (κ2) is 7.14. The van der Waals surface area contributed by atoms with Crippen LogP contribution in [0.5, 0.6) is 5.75 Å². The minimum Gasteiger partial charge on any atom is -0.481 e. The van der Waals surface area contributed by atoms with E-state index >= 15 is 0 Å². The van der Waals surface area contributed by atoms with Crippen molar-refractivity contribution in [1.82, 2.24) is 10.2 Å². The lowest BCUT2D eigenvalue weighted by Gasteiger charge is -2.16. The molecule has 6 heteroatoms. The molecule has 0 aliphatic heterocycles. The van der Waals surface area contributed by atoms with Crippen LogP contribution >= 0.6 is 0 Å². The molecule has 1 atom stereocenters. The van der Waals surface area contributed by atoms with Gasteiger partial charge in [0.1, 0.15) is 5.75 Å². The lowest BCUT2D eigenvalue weighted by Crippen LogP contribution is -2.42. The molecule has 106 valence electrons. The zero-order valence-electron chi connectivity index (χ0n) is 11.7. The number of amides is 2. The van der Waals surface area contributed by atoms with E-state index in [4.69, 9.17) is 10.00 Å². The lowest BCUT2D eigenvalue weighted by atomic mass is 10.2. The third kappa shape index (κ3) is 4.61. The van der Waals surface area contributed by atoms with Gasteiger partial charge >= 0.3 is 0 Å². The van der Waals surface area contributed by atoms with E-state index in [1.54, 1.807) is 45.3 Å². The number of nitriles is 1. The molecule has 0 bridgehead atoms. The Morgan fingerprint density at radius 3 is 2.45 bits per heavy atom. The topological polar surface area (TPSA) is 82.4 Å². The van der Waals surface area contributed by atoms with Crippen LogP contribution in [0.1, 0.15) is 12.5 Å². The third-order valence-electron chi connectivity index (χ3n) is 2.58. The molecule has 0 saturated heterocycles. The Morgan fingerprint density at radius 2 is 1.95 bits per heavy atom. The summed E-state index contributed by atoms with van der Waals surface area (Å²) in [7, 11) is 3.23. The number of hydrogen-bond acceptors (Lipinski definition) is 4. The molecule has 0 unspecified atom stereocenters. The smallest absolute Gasteiger partial charge is 0.261 e. The highest BCUT2D eigenvalue weighted by Gasteiger charge is 2.16. The van der Waals surface area contributed by atoms with E-state index < -0.39 is 6.10 Å². The number of rotatable bonds is 5. The lowest BCUT2D eigenvalue weighted by molar-refractivity contribution is -0.133. The minimum absolute atomic E-state index is 0.0626. The third-order valence-corrected chi connectivity index (χ3v) is 2.58. The van der Waals surface area contributed by atoms with Gasteiger partial charge in [-0.3, -0.25) is 9.59 Å². The maximum Gasteiger partial charge on any atom is 0.261 e. The Hall–Kier alpha value is -2.55. The van der Waals surface area contributed by atoms with Gasteiger partial charge in [-0.15, -0.1) is 0 Å². The van der Waals surface area contributed by atoms with Crippen LogP contribution in [0.15, 0.2) is 24.3 Å². The molecule has 0 aliphatic carbocycles. The summed E-state index contributed by atoms with van der Waals surface area (Å²) in [6.07, 6.45) is -0.724. The molecular weight excluding hydrogens is 258 g/mol. The number of carbonyl (C=O) groups excluding carboxylic acids is 2. The fourth-order valence-corrected chi connectivity index (χ4v) is 1.33. The fraction of sp³-hybridized carbons (Fsp3) is 0.357. The summed E-state index contributed by atoms with van der Waals surface area (Å²) in [6.45, 7) is 1.53. The van der Waals surface area contributed by atoms with Crippen LogP contribution in [0.2, 0.25) is 0 Å². The van der Waals surface area contributed by atoms with Gasteiger partial charge in [0.05, 0.1) is 18.2 Å². The molecule has 1 aromatic rings. The van der Waals surface area contributed by atoms with E-state index in [0.717, 1.165) is 0 Å². The van der Waals surface area contributed by atoms with E-state index in [2.05, 4.69) is 5.32 Å². The van der Waals surface area contributed by atoms with Gasteiger partial charge in [0.25, 0.3) is 5.91 Å². The van der Waals surface area contributed by atoms with Crippen LogP contribution < -0.4 is 10.1 Å². The number of likely N-dealkylation sites (N-methyl/N-ethyl adjacent to an activating group) is 1. The second-order valence-corrected chi connectivity index (χ2v) is 4.40. The van der Waals surface area contributed by atoms with Crippen LogP contribution in [-0.2, 0) is 9.59 Å². The van der Waals surface area contributed by atoms with Crippen molar-refractivity contribution in [2.75, 3.05) is 20.6 Å². The number of ether oxygens (including phenoxy) is 1. The second-order valence-electron chi connectivity index (χ2n) is 4.40. The molecule has 1 N–H and O–H groups in total. The summed E-state index contributed by atoms with van der Waals surface area (Å²) in [5.41, 5.74) is 0.519. The summed E-state index contributed by atoms with van der Waals surface area (Å²) in [6, 6.07) is 8.45. The first-order chi connectivity index (χ1) is 9.43. The number of hydrogen-bond donors (Lipinski definition) is 1. The maximum atomic E-state index is 11.7. The first-order valence-corrected chi connectivity index (χ1v) is 6.08. The van der Waals surface area contributed by atoms with Gasteiger partial charge in [0, 0.05) is 14.1 Å². The van der Waals surface area contributed by atoms with E-state index in [9.17, 15) is 9.59 Å². The monoisotopic (exact) mass is 275 g/mol. The van der Waals surface area contributed by atoms with E-state index in [1.165, 1.54) is 4.90 Å². The van der Waals surface area contributed by atoms with Crippen LogP contribution in [0, 0.1) is 11.3 Å². The molecule has 2 amide bonds. The Kier molecular flexibility index (Phi) is 5.54. The first-order valence-electron chi connectivity index (χ1n) is 6.08. The van der Waals surface area contributed by atoms with Crippen LogP contribution in [-0.4, -0.2) is 43.5 Å². The minimum atomic E-state index is -0.724. The number of nitrogens with one attached hydrogen (secondary N) is 1. The average Bonchev–Trinajstić information content (AvgIpc) is 2.44. The average molecular weight is 275 g/mol. The van der Waals surface area contributed by atoms with Gasteiger partial charge in [-0.25, -0.2) is 0 Å². The SMILES string of the molecule is C[C@H](Oc1ccc(C#N)cc1)C(=O)NCC(=O)N(C)C. The quantitative estimate of drug-likeness (QED) is 0.849. The van der Waals surface area contributed by atoms with Crippen molar-refractivity contribution in [2.24, 2.45) is 0 Å². The number of nitrogens with zero attached hydrogens (tertiary/aromatic N) is 2. The molecule has 0 radical (unpaired) electrons. The van der Waals surface area contributed by atoms with Gasteiger partial charge in [-0.1, -0.05) is 0 Å². The molecule has 0 fully saturated rings. The Labute approximate surface area is 117 Å². The molecule has 0 heterocycles. The van der Waals surface area contributed by atoms with Gasteiger partial charge in [0.15, 0.2) is 6.10 Å². The van der Waals surface area contributed by atoms with Crippen LogP contribution in [0.3, 0.4) is 0 Å². The van der Waals surface area contributed by atoms with Gasteiger partial charge in [0.2, 0.25) is 5.91 Å². The van der Waals surface area contributed by atoms with Crippen molar-refractivity contribution < 1.29 is 14.3 Å². The maximum absolute atomic E-state index is 11.7. The molecule has 1 rings (SSSR count). The van der Waals surface area contributed by atoms with Crippen molar-refractivity contribution in [2.45, 2.75) is 13.0 Å². The molecule has 0 aliphatic rings. The summed E-state index contributed by atoms with van der Waals surface area (Å²) in [5, 5.41) is 11.2. The highest BCUT2D eigenvalue weighted by Crippen LogP contribution is 2.13. The van der Waals surface area contributed by atoms with Crippen molar-refractivity contribution >= 4 is 11.8 Å².